The first-order valence-electron chi connectivity index (χ1n) is 5.91. The van der Waals surface area contributed by atoms with Crippen molar-refractivity contribution in [1.82, 2.24) is 0 Å². The molecule has 0 bridgehead atoms. The molecule has 0 spiro atoms. The molecule has 0 aromatic heterocycles. The van der Waals surface area contributed by atoms with E-state index in [1.165, 1.54) is 0 Å². The number of amides is 1. The zero-order valence-corrected chi connectivity index (χ0v) is 12.1. The van der Waals surface area contributed by atoms with Gasteiger partial charge in [-0.1, -0.05) is 28.1 Å². The topological polar surface area (TPSA) is 78.9 Å². The molecule has 0 saturated carbocycles. The third kappa shape index (κ3) is 3.37. The summed E-state index contributed by atoms with van der Waals surface area (Å²) in [7, 11) is 0. The van der Waals surface area contributed by atoms with Crippen LogP contribution in [0.4, 0.5) is 5.69 Å². The molecule has 3 N–H and O–H groups in total. The Hall–Kier alpha value is -2.32. The summed E-state index contributed by atoms with van der Waals surface area (Å²) < 4.78 is 0.949. The first-order chi connectivity index (χ1) is 9.60. The van der Waals surface area contributed by atoms with E-state index in [1.807, 2.05) is 30.3 Å². The number of carbonyl (C=O) groups excluding carboxylic acids is 1. The number of anilines is 1. The normalized spacial score (nSPS) is 11.4. The lowest BCUT2D eigenvalue weighted by Gasteiger charge is -2.17. The van der Waals surface area contributed by atoms with Crippen LogP contribution in [0, 0.1) is 11.3 Å². The van der Waals surface area contributed by atoms with Gasteiger partial charge in [-0.3, -0.25) is 4.79 Å². The molecule has 0 aliphatic carbocycles. The van der Waals surface area contributed by atoms with E-state index in [1.54, 1.807) is 24.3 Å². The molecule has 20 heavy (non-hydrogen) atoms. The first kappa shape index (κ1) is 14.1. The third-order valence-electron chi connectivity index (χ3n) is 2.79. The molecule has 1 atom stereocenters. The number of nitrogens with two attached hydrogens (primary N) is 1. The number of benzene rings is 2. The van der Waals surface area contributed by atoms with Gasteiger partial charge in [-0.05, 0) is 42.0 Å². The van der Waals surface area contributed by atoms with Crippen molar-refractivity contribution in [2.24, 2.45) is 5.73 Å². The Kier molecular flexibility index (Phi) is 4.38. The lowest BCUT2D eigenvalue weighted by molar-refractivity contribution is -0.118. The molecular weight excluding hydrogens is 318 g/mol. The highest BCUT2D eigenvalue weighted by atomic mass is 79.9. The monoisotopic (exact) mass is 329 g/mol. The maximum absolute atomic E-state index is 11.6. The number of nitrogens with zero attached hydrogens (tertiary/aromatic N) is 1. The fourth-order valence-electron chi connectivity index (χ4n) is 1.82. The highest BCUT2D eigenvalue weighted by molar-refractivity contribution is 9.10. The molecule has 1 unspecified atom stereocenters. The van der Waals surface area contributed by atoms with Crippen LogP contribution in [0.25, 0.3) is 0 Å². The molecule has 2 rings (SSSR count). The average molecular weight is 330 g/mol. The minimum atomic E-state index is -0.676. The van der Waals surface area contributed by atoms with E-state index in [0.717, 1.165) is 10.2 Å². The van der Waals surface area contributed by atoms with Gasteiger partial charge in [0, 0.05) is 10.2 Å². The Labute approximate surface area is 125 Å². The number of nitrogens with one attached hydrogen (secondary N) is 1. The van der Waals surface area contributed by atoms with Crippen molar-refractivity contribution in [2.75, 3.05) is 5.32 Å². The molecule has 0 fully saturated rings. The van der Waals surface area contributed by atoms with Crippen molar-refractivity contribution < 1.29 is 4.79 Å². The van der Waals surface area contributed by atoms with Gasteiger partial charge in [0.2, 0.25) is 5.91 Å². The number of hydrogen-bond acceptors (Lipinski definition) is 3. The van der Waals surface area contributed by atoms with Crippen LogP contribution in [0.15, 0.2) is 53.0 Å². The maximum Gasteiger partial charge on any atom is 0.244 e. The van der Waals surface area contributed by atoms with Crippen molar-refractivity contribution >= 4 is 27.5 Å². The zero-order valence-electron chi connectivity index (χ0n) is 10.5. The van der Waals surface area contributed by atoms with Gasteiger partial charge >= 0.3 is 0 Å². The van der Waals surface area contributed by atoms with E-state index in [-0.39, 0.29) is 0 Å². The molecule has 100 valence electrons. The number of nitriles is 1. The van der Waals surface area contributed by atoms with Gasteiger partial charge < -0.3 is 11.1 Å². The zero-order chi connectivity index (χ0) is 14.5. The molecule has 2 aromatic rings. The van der Waals surface area contributed by atoms with Crippen molar-refractivity contribution in [3.63, 3.8) is 0 Å². The SMILES string of the molecule is N#Cc1cccc(C(Nc2ccc(Br)cc2)C(N)=O)c1. The molecule has 0 aliphatic heterocycles. The van der Waals surface area contributed by atoms with Crippen LogP contribution in [-0.2, 0) is 4.79 Å². The summed E-state index contributed by atoms with van der Waals surface area (Å²) >= 11 is 3.35. The van der Waals surface area contributed by atoms with Gasteiger partial charge in [0.25, 0.3) is 0 Å². The fourth-order valence-corrected chi connectivity index (χ4v) is 2.08. The molecule has 5 heteroatoms. The highest BCUT2D eigenvalue weighted by Gasteiger charge is 2.17. The summed E-state index contributed by atoms with van der Waals surface area (Å²) in [4.78, 5) is 11.6. The minimum Gasteiger partial charge on any atom is -0.370 e. The standard InChI is InChI=1S/C15H12BrN3O/c16-12-4-6-13(7-5-12)19-14(15(18)20)11-3-1-2-10(8-11)9-17/h1-8,14,19H,(H2,18,20). The number of primary amides is 1. The third-order valence-corrected chi connectivity index (χ3v) is 3.32. The molecule has 0 saturated heterocycles. The van der Waals surface area contributed by atoms with E-state index >= 15 is 0 Å². The maximum atomic E-state index is 11.6. The van der Waals surface area contributed by atoms with Gasteiger partial charge in [0.15, 0.2) is 0 Å². The van der Waals surface area contributed by atoms with Crippen molar-refractivity contribution in [1.29, 1.82) is 5.26 Å². The van der Waals surface area contributed by atoms with Gasteiger partial charge in [-0.2, -0.15) is 5.26 Å². The Morgan fingerprint density at radius 2 is 1.95 bits per heavy atom. The van der Waals surface area contributed by atoms with Gasteiger partial charge in [0.05, 0.1) is 11.6 Å². The second kappa shape index (κ2) is 6.22. The predicted molar refractivity (Wildman–Crippen MR) is 80.9 cm³/mol. The lowest BCUT2D eigenvalue weighted by atomic mass is 10.0. The summed E-state index contributed by atoms with van der Waals surface area (Å²) in [6, 6.07) is 15.6. The summed E-state index contributed by atoms with van der Waals surface area (Å²) in [6.45, 7) is 0. The summed E-state index contributed by atoms with van der Waals surface area (Å²) in [5.74, 6) is -0.497. The van der Waals surface area contributed by atoms with E-state index in [0.29, 0.717) is 11.1 Å². The number of halogens is 1. The Balaban J connectivity index is 2.29. The van der Waals surface area contributed by atoms with E-state index in [4.69, 9.17) is 11.0 Å². The van der Waals surface area contributed by atoms with E-state index < -0.39 is 11.9 Å². The smallest absolute Gasteiger partial charge is 0.244 e. The predicted octanol–water partition coefficient (Wildman–Crippen LogP) is 2.96. The van der Waals surface area contributed by atoms with Crippen LogP contribution in [0.3, 0.4) is 0 Å². The van der Waals surface area contributed by atoms with Gasteiger partial charge in [-0.25, -0.2) is 0 Å². The highest BCUT2D eigenvalue weighted by Crippen LogP contribution is 2.22. The van der Waals surface area contributed by atoms with E-state index in [2.05, 4.69) is 21.2 Å². The van der Waals surface area contributed by atoms with Crippen LogP contribution in [-0.4, -0.2) is 5.91 Å². The largest absolute Gasteiger partial charge is 0.370 e. The molecular formula is C15H12BrN3O. The minimum absolute atomic E-state index is 0.492. The van der Waals surface area contributed by atoms with E-state index in [9.17, 15) is 4.79 Å². The van der Waals surface area contributed by atoms with Crippen LogP contribution in [0.1, 0.15) is 17.2 Å². The summed E-state index contributed by atoms with van der Waals surface area (Å²) in [5, 5.41) is 12.0. The molecule has 0 heterocycles. The Morgan fingerprint density at radius 1 is 1.25 bits per heavy atom. The second-order valence-electron chi connectivity index (χ2n) is 4.22. The molecule has 0 aliphatic rings. The first-order valence-corrected chi connectivity index (χ1v) is 6.71. The second-order valence-corrected chi connectivity index (χ2v) is 5.14. The molecule has 2 aromatic carbocycles. The summed E-state index contributed by atoms with van der Waals surface area (Å²) in [5.41, 5.74) is 7.38. The molecule has 0 radical (unpaired) electrons. The Bertz CT molecular complexity index is 662. The number of rotatable bonds is 4. The number of hydrogen-bond donors (Lipinski definition) is 2. The van der Waals surface area contributed by atoms with Crippen molar-refractivity contribution in [2.45, 2.75) is 6.04 Å². The molecule has 4 nitrogen and oxygen atoms in total. The van der Waals surface area contributed by atoms with Crippen LogP contribution >= 0.6 is 15.9 Å². The van der Waals surface area contributed by atoms with Gasteiger partial charge in [-0.15, -0.1) is 0 Å². The van der Waals surface area contributed by atoms with Crippen LogP contribution in [0.2, 0.25) is 0 Å². The van der Waals surface area contributed by atoms with Gasteiger partial charge in [0.1, 0.15) is 6.04 Å². The molecule has 1 amide bonds. The van der Waals surface area contributed by atoms with Crippen LogP contribution in [0.5, 0.6) is 0 Å². The number of carbonyl (C=O) groups is 1. The van der Waals surface area contributed by atoms with Crippen molar-refractivity contribution in [3.05, 3.63) is 64.1 Å². The summed E-state index contributed by atoms with van der Waals surface area (Å²) in [6.07, 6.45) is 0. The average Bonchev–Trinajstić information content (AvgIpc) is 2.46. The van der Waals surface area contributed by atoms with Crippen molar-refractivity contribution in [3.8, 4) is 6.07 Å². The fraction of sp³-hybridized carbons (Fsp3) is 0.0667. The Morgan fingerprint density at radius 3 is 2.55 bits per heavy atom. The quantitative estimate of drug-likeness (QED) is 0.904. The lowest BCUT2D eigenvalue weighted by Crippen LogP contribution is -2.27. The van der Waals surface area contributed by atoms with Crippen LogP contribution < -0.4 is 11.1 Å².